The number of carbonyl (C=O) groups is 3. The molecular formula is C25H32N2O4S. The Bertz CT molecular complexity index is 860. The number of hydrogen-bond acceptors (Lipinski definition) is 5. The van der Waals surface area contributed by atoms with Gasteiger partial charge in [-0.15, -0.1) is 11.8 Å². The molecule has 1 aromatic rings. The first-order valence-electron chi connectivity index (χ1n) is 12.0. The van der Waals surface area contributed by atoms with Crippen molar-refractivity contribution >= 4 is 29.5 Å². The molecule has 6 nitrogen and oxygen atoms in total. The fourth-order valence-corrected chi connectivity index (χ4v) is 7.60. The van der Waals surface area contributed by atoms with Gasteiger partial charge in [-0.25, -0.2) is 4.79 Å². The first kappa shape index (κ1) is 21.8. The number of ether oxygens (including phenoxy) is 1. The summed E-state index contributed by atoms with van der Waals surface area (Å²) in [6.07, 6.45) is 9.43. The summed E-state index contributed by atoms with van der Waals surface area (Å²) >= 11 is 1.36. The summed E-state index contributed by atoms with van der Waals surface area (Å²) in [6.45, 7) is 1.24. The number of hydrogen-bond donors (Lipinski definition) is 1. The van der Waals surface area contributed by atoms with E-state index in [1.54, 1.807) is 17.0 Å². The standard InChI is InChI=1S/C25H32N2O4S/c28-22(26-25-12-17-9-18(13-25)11-19(10-17)14-25)16-32-21-6-2-1-5-20(21)24(30)31-15-23(29)27-7-3-4-8-27/h1-2,5-6,17-19H,3-4,7-16H2,(H,26,28). The summed E-state index contributed by atoms with van der Waals surface area (Å²) < 4.78 is 5.30. The second kappa shape index (κ2) is 9.08. The number of thioether (sulfide) groups is 1. The van der Waals surface area contributed by atoms with Crippen LogP contribution in [0.5, 0.6) is 0 Å². The van der Waals surface area contributed by atoms with Crippen LogP contribution in [0.3, 0.4) is 0 Å². The van der Waals surface area contributed by atoms with Gasteiger partial charge < -0.3 is 15.0 Å². The quantitative estimate of drug-likeness (QED) is 0.501. The molecule has 1 aliphatic heterocycles. The van der Waals surface area contributed by atoms with E-state index >= 15 is 0 Å². The third-order valence-electron chi connectivity index (χ3n) is 7.69. The zero-order chi connectivity index (χ0) is 22.1. The van der Waals surface area contributed by atoms with Crippen LogP contribution in [0.25, 0.3) is 0 Å². The van der Waals surface area contributed by atoms with Crippen molar-refractivity contribution in [2.75, 3.05) is 25.4 Å². The number of nitrogens with zero attached hydrogens (tertiary/aromatic N) is 1. The van der Waals surface area contributed by atoms with Gasteiger partial charge in [0.15, 0.2) is 6.61 Å². The molecule has 4 saturated carbocycles. The highest BCUT2D eigenvalue weighted by Gasteiger charge is 2.51. The monoisotopic (exact) mass is 456 g/mol. The fourth-order valence-electron chi connectivity index (χ4n) is 6.76. The van der Waals surface area contributed by atoms with Gasteiger partial charge in [-0.1, -0.05) is 12.1 Å². The highest BCUT2D eigenvalue weighted by molar-refractivity contribution is 8.00. The van der Waals surface area contributed by atoms with Crippen LogP contribution in [0.1, 0.15) is 61.7 Å². The average Bonchev–Trinajstić information content (AvgIpc) is 3.30. The molecule has 2 amide bonds. The Morgan fingerprint density at radius 2 is 1.62 bits per heavy atom. The second-order valence-electron chi connectivity index (χ2n) is 10.2. The first-order valence-corrected chi connectivity index (χ1v) is 13.0. The molecule has 6 rings (SSSR count). The molecular weight excluding hydrogens is 424 g/mol. The fraction of sp³-hybridized carbons (Fsp3) is 0.640. The van der Waals surface area contributed by atoms with Crippen LogP contribution in [0.2, 0.25) is 0 Å². The summed E-state index contributed by atoms with van der Waals surface area (Å²) in [6, 6.07) is 7.16. The molecule has 4 aliphatic carbocycles. The van der Waals surface area contributed by atoms with E-state index in [2.05, 4.69) is 5.32 Å². The molecule has 5 aliphatic rings. The van der Waals surface area contributed by atoms with Gasteiger partial charge in [0.25, 0.3) is 5.91 Å². The lowest BCUT2D eigenvalue weighted by atomic mass is 9.53. The van der Waals surface area contributed by atoms with E-state index in [-0.39, 0.29) is 29.7 Å². The molecule has 1 aromatic carbocycles. The molecule has 5 fully saturated rings. The smallest absolute Gasteiger partial charge is 0.339 e. The van der Waals surface area contributed by atoms with Crippen molar-refractivity contribution in [1.82, 2.24) is 10.2 Å². The lowest BCUT2D eigenvalue weighted by Crippen LogP contribution is -2.60. The minimum Gasteiger partial charge on any atom is -0.452 e. The molecule has 0 atom stereocenters. The summed E-state index contributed by atoms with van der Waals surface area (Å²) in [7, 11) is 0. The summed E-state index contributed by atoms with van der Waals surface area (Å²) in [5.74, 6) is 2.02. The highest BCUT2D eigenvalue weighted by atomic mass is 32.2. The molecule has 1 heterocycles. The maximum Gasteiger partial charge on any atom is 0.339 e. The van der Waals surface area contributed by atoms with Gasteiger partial charge in [0.2, 0.25) is 5.91 Å². The van der Waals surface area contributed by atoms with E-state index in [0.29, 0.717) is 10.5 Å². The molecule has 0 unspecified atom stereocenters. The summed E-state index contributed by atoms with van der Waals surface area (Å²) in [5, 5.41) is 3.39. The van der Waals surface area contributed by atoms with Crippen LogP contribution < -0.4 is 5.32 Å². The van der Waals surface area contributed by atoms with Crippen molar-refractivity contribution in [2.24, 2.45) is 17.8 Å². The van der Waals surface area contributed by atoms with Crippen molar-refractivity contribution in [3.8, 4) is 0 Å². The molecule has 0 aromatic heterocycles. The van der Waals surface area contributed by atoms with E-state index in [9.17, 15) is 14.4 Å². The van der Waals surface area contributed by atoms with Gasteiger partial charge in [0.05, 0.1) is 11.3 Å². The molecule has 0 spiro atoms. The van der Waals surface area contributed by atoms with E-state index in [1.165, 1.54) is 31.0 Å². The van der Waals surface area contributed by atoms with Crippen LogP contribution in [0.4, 0.5) is 0 Å². The molecule has 7 heteroatoms. The second-order valence-corrected chi connectivity index (χ2v) is 11.2. The van der Waals surface area contributed by atoms with Crippen molar-refractivity contribution < 1.29 is 19.1 Å². The largest absolute Gasteiger partial charge is 0.452 e. The van der Waals surface area contributed by atoms with Crippen molar-refractivity contribution in [3.05, 3.63) is 29.8 Å². The summed E-state index contributed by atoms with van der Waals surface area (Å²) in [4.78, 5) is 40.1. The Morgan fingerprint density at radius 1 is 1.00 bits per heavy atom. The normalized spacial score (nSPS) is 30.4. The summed E-state index contributed by atoms with van der Waals surface area (Å²) in [5.41, 5.74) is 0.412. The maximum absolute atomic E-state index is 12.8. The van der Waals surface area contributed by atoms with Gasteiger partial charge in [-0.2, -0.15) is 0 Å². The van der Waals surface area contributed by atoms with Gasteiger partial charge in [0.1, 0.15) is 0 Å². The zero-order valence-corrected chi connectivity index (χ0v) is 19.3. The van der Waals surface area contributed by atoms with E-state index in [0.717, 1.165) is 62.9 Å². The lowest BCUT2D eigenvalue weighted by Gasteiger charge is -2.56. The van der Waals surface area contributed by atoms with Crippen LogP contribution in [0.15, 0.2) is 29.2 Å². The van der Waals surface area contributed by atoms with Crippen molar-refractivity contribution in [3.63, 3.8) is 0 Å². The Kier molecular flexibility index (Phi) is 6.19. The molecule has 0 radical (unpaired) electrons. The zero-order valence-electron chi connectivity index (χ0n) is 18.5. The minimum absolute atomic E-state index is 0.000769. The predicted molar refractivity (Wildman–Crippen MR) is 122 cm³/mol. The van der Waals surface area contributed by atoms with Gasteiger partial charge >= 0.3 is 5.97 Å². The molecule has 4 bridgehead atoms. The van der Waals surface area contributed by atoms with Crippen LogP contribution >= 0.6 is 11.8 Å². The van der Waals surface area contributed by atoms with Crippen LogP contribution in [0, 0.1) is 17.8 Å². The third kappa shape index (κ3) is 4.68. The molecule has 1 saturated heterocycles. The minimum atomic E-state index is -0.512. The Hall–Kier alpha value is -2.02. The van der Waals surface area contributed by atoms with Crippen molar-refractivity contribution in [1.29, 1.82) is 0 Å². The van der Waals surface area contributed by atoms with E-state index in [4.69, 9.17) is 4.74 Å². The number of rotatable bonds is 7. The molecule has 172 valence electrons. The lowest BCUT2D eigenvalue weighted by molar-refractivity contribution is -0.133. The Labute approximate surface area is 193 Å². The van der Waals surface area contributed by atoms with Gasteiger partial charge in [-0.3, -0.25) is 9.59 Å². The maximum atomic E-state index is 12.8. The predicted octanol–water partition coefficient (Wildman–Crippen LogP) is 3.64. The molecule has 32 heavy (non-hydrogen) atoms. The number of esters is 1. The number of amides is 2. The third-order valence-corrected chi connectivity index (χ3v) is 8.77. The van der Waals surface area contributed by atoms with E-state index < -0.39 is 5.97 Å². The highest BCUT2D eigenvalue weighted by Crippen LogP contribution is 2.55. The average molecular weight is 457 g/mol. The molecule has 1 N–H and O–H groups in total. The van der Waals surface area contributed by atoms with Gasteiger partial charge in [0, 0.05) is 23.5 Å². The number of carbonyl (C=O) groups excluding carboxylic acids is 3. The van der Waals surface area contributed by atoms with Crippen LogP contribution in [-0.4, -0.2) is 53.7 Å². The van der Waals surface area contributed by atoms with Crippen molar-refractivity contribution in [2.45, 2.75) is 61.8 Å². The van der Waals surface area contributed by atoms with E-state index in [1.807, 2.05) is 12.1 Å². The number of benzene rings is 1. The first-order chi connectivity index (χ1) is 15.5. The topological polar surface area (TPSA) is 75.7 Å². The number of likely N-dealkylation sites (tertiary alicyclic amines) is 1. The number of nitrogens with one attached hydrogen (secondary N) is 1. The Morgan fingerprint density at radius 3 is 2.28 bits per heavy atom. The Balaban J connectivity index is 1.15. The van der Waals surface area contributed by atoms with Crippen LogP contribution in [-0.2, 0) is 14.3 Å². The van der Waals surface area contributed by atoms with Gasteiger partial charge in [-0.05, 0) is 81.3 Å². The SMILES string of the molecule is O=C(CSc1ccccc1C(=O)OCC(=O)N1CCCC1)NC12CC3CC(CC(C3)C1)C2.